The van der Waals surface area contributed by atoms with E-state index in [1.807, 2.05) is 30.3 Å². The average Bonchev–Trinajstić information content (AvgIpc) is 2.61. The summed E-state index contributed by atoms with van der Waals surface area (Å²) in [5.41, 5.74) is 1.01. The van der Waals surface area contributed by atoms with Gasteiger partial charge in [-0.15, -0.1) is 0 Å². The Labute approximate surface area is 143 Å². The van der Waals surface area contributed by atoms with E-state index in [1.165, 1.54) is 0 Å². The molecule has 0 unspecified atom stereocenters. The van der Waals surface area contributed by atoms with Gasteiger partial charge in [-0.2, -0.15) is 0 Å². The van der Waals surface area contributed by atoms with E-state index in [0.717, 1.165) is 24.8 Å². The fourth-order valence-corrected chi connectivity index (χ4v) is 2.61. The first kappa shape index (κ1) is 19.3. The molecule has 1 aromatic carbocycles. The van der Waals surface area contributed by atoms with Crippen LogP contribution in [0.2, 0.25) is 0 Å². The highest BCUT2D eigenvalue weighted by Gasteiger charge is 2.44. The molecule has 136 valence electrons. The average molecular weight is 340 g/mol. The molecule has 1 saturated heterocycles. The van der Waals surface area contributed by atoms with Crippen molar-refractivity contribution in [2.45, 2.75) is 63.5 Å². The van der Waals surface area contributed by atoms with Gasteiger partial charge in [0.05, 0.1) is 13.2 Å². The first-order valence-electron chi connectivity index (χ1n) is 8.56. The molecule has 0 aliphatic carbocycles. The van der Waals surface area contributed by atoms with E-state index in [1.54, 1.807) is 0 Å². The molecule has 2 rings (SSSR count). The number of hydrogen-bond donors (Lipinski definition) is 3. The fraction of sp³-hybridized carbons (Fsp3) is 0.667. The molecular weight excluding hydrogens is 312 g/mol. The third kappa shape index (κ3) is 5.51. The zero-order chi connectivity index (χ0) is 17.4. The molecule has 0 aromatic heterocycles. The van der Waals surface area contributed by atoms with Gasteiger partial charge in [0.25, 0.3) is 0 Å². The zero-order valence-corrected chi connectivity index (χ0v) is 14.1. The van der Waals surface area contributed by atoms with Crippen LogP contribution in [0.25, 0.3) is 0 Å². The van der Waals surface area contributed by atoms with Crippen molar-refractivity contribution >= 4 is 0 Å². The van der Waals surface area contributed by atoms with Gasteiger partial charge in [0, 0.05) is 6.61 Å². The van der Waals surface area contributed by atoms with Crippen molar-refractivity contribution in [3.63, 3.8) is 0 Å². The molecule has 1 fully saturated rings. The van der Waals surface area contributed by atoms with Gasteiger partial charge in [-0.05, 0) is 12.0 Å². The monoisotopic (exact) mass is 340 g/mol. The van der Waals surface area contributed by atoms with Crippen LogP contribution in [0.4, 0.5) is 0 Å². The molecule has 24 heavy (non-hydrogen) atoms. The van der Waals surface area contributed by atoms with Gasteiger partial charge in [0.15, 0.2) is 6.29 Å². The maximum absolute atomic E-state index is 10.1. The zero-order valence-electron chi connectivity index (χ0n) is 14.1. The van der Waals surface area contributed by atoms with Gasteiger partial charge in [0.1, 0.15) is 24.4 Å². The van der Waals surface area contributed by atoms with E-state index in [4.69, 9.17) is 14.2 Å². The highest BCUT2D eigenvalue weighted by atomic mass is 16.7. The minimum Gasteiger partial charge on any atom is -0.387 e. The summed E-state index contributed by atoms with van der Waals surface area (Å²) in [7, 11) is 0. The van der Waals surface area contributed by atoms with E-state index < -0.39 is 30.7 Å². The number of aliphatic hydroxyl groups excluding tert-OH is 3. The third-order valence-corrected chi connectivity index (χ3v) is 4.09. The minimum absolute atomic E-state index is 0.106. The van der Waals surface area contributed by atoms with E-state index in [0.29, 0.717) is 13.2 Å². The van der Waals surface area contributed by atoms with Gasteiger partial charge in [-0.25, -0.2) is 0 Å². The normalized spacial score (nSPS) is 30.4. The van der Waals surface area contributed by atoms with Gasteiger partial charge in [-0.3, -0.25) is 0 Å². The Hall–Kier alpha value is -1.02. The van der Waals surface area contributed by atoms with E-state index in [2.05, 4.69) is 6.92 Å². The maximum Gasteiger partial charge on any atom is 0.186 e. The Bertz CT molecular complexity index is 454. The first-order chi connectivity index (χ1) is 11.6. The van der Waals surface area contributed by atoms with Crippen molar-refractivity contribution in [1.29, 1.82) is 0 Å². The van der Waals surface area contributed by atoms with Crippen LogP contribution in [-0.2, 0) is 20.8 Å². The largest absolute Gasteiger partial charge is 0.387 e. The van der Waals surface area contributed by atoms with E-state index in [9.17, 15) is 15.3 Å². The fourth-order valence-electron chi connectivity index (χ4n) is 2.61. The second kappa shape index (κ2) is 10.1. The van der Waals surface area contributed by atoms with Crippen LogP contribution < -0.4 is 0 Å². The van der Waals surface area contributed by atoms with Crippen LogP contribution >= 0.6 is 0 Å². The summed E-state index contributed by atoms with van der Waals surface area (Å²) in [6.07, 6.45) is -2.56. The SMILES string of the molecule is CCCCCO[C@H]1O[C@H](COCc2ccccc2)[C@@H](O)[C@H](O)[C@H]1O. The molecule has 1 aromatic rings. The van der Waals surface area contributed by atoms with E-state index in [-0.39, 0.29) is 6.61 Å². The molecule has 6 heteroatoms. The lowest BCUT2D eigenvalue weighted by Crippen LogP contribution is -2.59. The topological polar surface area (TPSA) is 88.4 Å². The second-order valence-corrected chi connectivity index (χ2v) is 6.09. The summed E-state index contributed by atoms with van der Waals surface area (Å²) in [5, 5.41) is 30.0. The van der Waals surface area contributed by atoms with Gasteiger partial charge in [0.2, 0.25) is 0 Å². The molecule has 6 nitrogen and oxygen atoms in total. The molecule has 1 aliphatic heterocycles. The molecule has 0 saturated carbocycles. The summed E-state index contributed by atoms with van der Waals surface area (Å²) in [6, 6.07) is 9.65. The lowest BCUT2D eigenvalue weighted by molar-refractivity contribution is -0.303. The minimum atomic E-state index is -1.32. The molecule has 5 atom stereocenters. The quantitative estimate of drug-likeness (QED) is 0.586. The summed E-state index contributed by atoms with van der Waals surface area (Å²) in [6.45, 7) is 3.02. The van der Waals surface area contributed by atoms with Gasteiger partial charge >= 0.3 is 0 Å². The first-order valence-corrected chi connectivity index (χ1v) is 8.56. The van der Waals surface area contributed by atoms with Crippen LogP contribution in [0.3, 0.4) is 0 Å². The van der Waals surface area contributed by atoms with Crippen molar-refractivity contribution in [2.75, 3.05) is 13.2 Å². The van der Waals surface area contributed by atoms with Crippen LogP contribution in [0.1, 0.15) is 31.7 Å². The Morgan fingerprint density at radius 2 is 1.75 bits per heavy atom. The van der Waals surface area contributed by atoms with Crippen molar-refractivity contribution in [3.05, 3.63) is 35.9 Å². The van der Waals surface area contributed by atoms with Crippen LogP contribution in [0, 0.1) is 0 Å². The summed E-state index contributed by atoms with van der Waals surface area (Å²) in [4.78, 5) is 0. The number of rotatable bonds is 9. The molecule has 3 N–H and O–H groups in total. The maximum atomic E-state index is 10.1. The molecule has 0 bridgehead atoms. The summed E-state index contributed by atoms with van der Waals surface area (Å²) in [5.74, 6) is 0. The van der Waals surface area contributed by atoms with Gasteiger partial charge < -0.3 is 29.5 Å². The molecule has 0 radical (unpaired) electrons. The van der Waals surface area contributed by atoms with Crippen LogP contribution in [0.15, 0.2) is 30.3 Å². The lowest BCUT2D eigenvalue weighted by atomic mass is 9.99. The van der Waals surface area contributed by atoms with Crippen LogP contribution in [-0.4, -0.2) is 59.2 Å². The number of benzene rings is 1. The predicted octanol–water partition coefficient (Wildman–Crippen LogP) is 1.22. The van der Waals surface area contributed by atoms with E-state index >= 15 is 0 Å². The molecule has 1 heterocycles. The number of ether oxygens (including phenoxy) is 3. The standard InChI is InChI=1S/C18H28O6/c1-2-3-7-10-23-18-17(21)16(20)15(19)14(24-18)12-22-11-13-8-5-4-6-9-13/h4-6,8-9,14-21H,2-3,7,10-12H2,1H3/t14-,15-,16+,17-,18+/m1/s1. The molecule has 0 amide bonds. The number of hydrogen-bond acceptors (Lipinski definition) is 6. The Kier molecular flexibility index (Phi) is 8.11. The van der Waals surface area contributed by atoms with Gasteiger partial charge in [-0.1, -0.05) is 50.1 Å². The van der Waals surface area contributed by atoms with Crippen molar-refractivity contribution in [2.24, 2.45) is 0 Å². The number of unbranched alkanes of at least 4 members (excludes halogenated alkanes) is 2. The Morgan fingerprint density at radius 1 is 1.00 bits per heavy atom. The Balaban J connectivity index is 1.81. The second-order valence-electron chi connectivity index (χ2n) is 6.09. The predicted molar refractivity (Wildman–Crippen MR) is 88.3 cm³/mol. The van der Waals surface area contributed by atoms with Crippen molar-refractivity contribution in [3.8, 4) is 0 Å². The highest BCUT2D eigenvalue weighted by molar-refractivity contribution is 5.13. The van der Waals surface area contributed by atoms with Crippen LogP contribution in [0.5, 0.6) is 0 Å². The molecule has 1 aliphatic rings. The lowest BCUT2D eigenvalue weighted by Gasteiger charge is -2.40. The van der Waals surface area contributed by atoms with Crippen molar-refractivity contribution < 1.29 is 29.5 Å². The number of aliphatic hydroxyl groups is 3. The summed E-state index contributed by atoms with van der Waals surface area (Å²) >= 11 is 0. The Morgan fingerprint density at radius 3 is 2.46 bits per heavy atom. The third-order valence-electron chi connectivity index (χ3n) is 4.09. The molecule has 0 spiro atoms. The van der Waals surface area contributed by atoms with Crippen molar-refractivity contribution in [1.82, 2.24) is 0 Å². The smallest absolute Gasteiger partial charge is 0.186 e. The molecular formula is C18H28O6. The summed E-state index contributed by atoms with van der Waals surface area (Å²) < 4.78 is 16.7. The highest BCUT2D eigenvalue weighted by Crippen LogP contribution is 2.23.